The topological polar surface area (TPSA) is 21.3 Å². The lowest BCUT2D eigenvalue weighted by Gasteiger charge is -2.15. The van der Waals surface area contributed by atoms with Crippen LogP contribution in [0.25, 0.3) is 0 Å². The molecule has 1 atom stereocenters. The molecule has 0 aliphatic heterocycles. The summed E-state index contributed by atoms with van der Waals surface area (Å²) in [5, 5.41) is 3.40. The zero-order valence-electron chi connectivity index (χ0n) is 9.51. The van der Waals surface area contributed by atoms with E-state index in [2.05, 4.69) is 53.3 Å². The van der Waals surface area contributed by atoms with Crippen LogP contribution in [0, 0.1) is 6.92 Å². The molecule has 0 saturated carbocycles. The van der Waals surface area contributed by atoms with Crippen LogP contribution in [0.15, 0.2) is 22.7 Å². The van der Waals surface area contributed by atoms with E-state index in [0.29, 0.717) is 6.04 Å². The van der Waals surface area contributed by atoms with Crippen molar-refractivity contribution in [3.05, 3.63) is 28.2 Å². The monoisotopic (exact) mass is 271 g/mol. The fraction of sp³-hybridized carbons (Fsp3) is 0.500. The van der Waals surface area contributed by atoms with Crippen LogP contribution in [0.2, 0.25) is 0 Å². The second kappa shape index (κ2) is 6.13. The van der Waals surface area contributed by atoms with E-state index < -0.39 is 0 Å². The Hall–Kier alpha value is -0.540. The van der Waals surface area contributed by atoms with Crippen LogP contribution in [-0.2, 0) is 4.74 Å². The minimum atomic E-state index is 0.332. The van der Waals surface area contributed by atoms with Gasteiger partial charge in [-0.15, -0.1) is 0 Å². The summed E-state index contributed by atoms with van der Waals surface area (Å²) < 4.78 is 6.46. The molecule has 0 aliphatic rings. The Labute approximate surface area is 100 Å². The number of benzene rings is 1. The first kappa shape index (κ1) is 12.5. The van der Waals surface area contributed by atoms with Crippen molar-refractivity contribution in [2.24, 2.45) is 0 Å². The number of hydrogen-bond acceptors (Lipinski definition) is 2. The average molecular weight is 272 g/mol. The van der Waals surface area contributed by atoms with Gasteiger partial charge in [-0.1, -0.05) is 15.9 Å². The first-order valence-corrected chi connectivity index (χ1v) is 6.02. The summed E-state index contributed by atoms with van der Waals surface area (Å²) in [7, 11) is 0. The molecule has 15 heavy (non-hydrogen) atoms. The molecule has 1 rings (SSSR count). The highest BCUT2D eigenvalue weighted by Crippen LogP contribution is 2.19. The van der Waals surface area contributed by atoms with Gasteiger partial charge in [0.15, 0.2) is 0 Å². The molecule has 0 saturated heterocycles. The van der Waals surface area contributed by atoms with Crippen LogP contribution >= 0.6 is 15.9 Å². The van der Waals surface area contributed by atoms with Crippen LogP contribution in [-0.4, -0.2) is 19.3 Å². The molecule has 1 unspecified atom stereocenters. The van der Waals surface area contributed by atoms with Crippen molar-refractivity contribution in [1.82, 2.24) is 0 Å². The number of ether oxygens (including phenoxy) is 1. The van der Waals surface area contributed by atoms with Gasteiger partial charge in [0.05, 0.1) is 6.61 Å². The van der Waals surface area contributed by atoms with E-state index in [1.807, 2.05) is 6.92 Å². The Balaban J connectivity index is 2.56. The molecule has 0 aromatic heterocycles. The molecule has 1 N–H and O–H groups in total. The Morgan fingerprint density at radius 1 is 1.40 bits per heavy atom. The van der Waals surface area contributed by atoms with E-state index in [0.717, 1.165) is 23.4 Å². The fourth-order valence-corrected chi connectivity index (χ4v) is 2.05. The normalized spacial score (nSPS) is 12.5. The van der Waals surface area contributed by atoms with Crippen molar-refractivity contribution >= 4 is 21.6 Å². The second-order valence-electron chi connectivity index (χ2n) is 3.72. The zero-order valence-corrected chi connectivity index (χ0v) is 11.1. The molecule has 0 amide bonds. The van der Waals surface area contributed by atoms with Gasteiger partial charge in [0, 0.05) is 22.8 Å². The maximum Gasteiger partial charge on any atom is 0.0664 e. The van der Waals surface area contributed by atoms with Crippen molar-refractivity contribution in [2.75, 3.05) is 18.5 Å². The molecule has 0 heterocycles. The van der Waals surface area contributed by atoms with Crippen LogP contribution in [0.4, 0.5) is 5.69 Å². The Bertz CT molecular complexity index is 294. The predicted octanol–water partition coefficient (Wildman–Crippen LogP) is 3.59. The molecule has 2 nitrogen and oxygen atoms in total. The van der Waals surface area contributed by atoms with Crippen molar-refractivity contribution < 1.29 is 4.74 Å². The zero-order chi connectivity index (χ0) is 11.3. The van der Waals surface area contributed by atoms with Gasteiger partial charge >= 0.3 is 0 Å². The van der Waals surface area contributed by atoms with Crippen molar-refractivity contribution in [3.63, 3.8) is 0 Å². The van der Waals surface area contributed by atoms with Crippen molar-refractivity contribution in [1.29, 1.82) is 0 Å². The van der Waals surface area contributed by atoms with Gasteiger partial charge in [-0.05, 0) is 44.5 Å². The number of aryl methyl sites for hydroxylation is 1. The average Bonchev–Trinajstić information content (AvgIpc) is 2.13. The third kappa shape index (κ3) is 4.67. The standard InChI is InChI=1S/C12H18BrNO/c1-4-15-8-10(3)14-12-6-9(2)5-11(13)7-12/h5-7,10,14H,4,8H2,1-3H3. The van der Waals surface area contributed by atoms with Crippen LogP contribution < -0.4 is 5.32 Å². The Morgan fingerprint density at radius 3 is 2.73 bits per heavy atom. The highest BCUT2D eigenvalue weighted by atomic mass is 79.9. The smallest absolute Gasteiger partial charge is 0.0664 e. The summed E-state index contributed by atoms with van der Waals surface area (Å²) in [6.07, 6.45) is 0. The van der Waals surface area contributed by atoms with Gasteiger partial charge in [0.1, 0.15) is 0 Å². The van der Waals surface area contributed by atoms with E-state index in [1.54, 1.807) is 0 Å². The number of anilines is 1. The van der Waals surface area contributed by atoms with Crippen LogP contribution in [0.1, 0.15) is 19.4 Å². The Morgan fingerprint density at radius 2 is 2.13 bits per heavy atom. The molecule has 0 radical (unpaired) electrons. The minimum absolute atomic E-state index is 0.332. The second-order valence-corrected chi connectivity index (χ2v) is 4.64. The van der Waals surface area contributed by atoms with Crippen molar-refractivity contribution in [3.8, 4) is 0 Å². The maximum atomic E-state index is 5.35. The molecule has 84 valence electrons. The summed E-state index contributed by atoms with van der Waals surface area (Å²) in [6, 6.07) is 6.64. The third-order valence-corrected chi connectivity index (χ3v) is 2.49. The number of nitrogens with one attached hydrogen (secondary N) is 1. The molecule has 1 aromatic rings. The van der Waals surface area contributed by atoms with Gasteiger partial charge in [-0.3, -0.25) is 0 Å². The Kier molecular flexibility index (Phi) is 5.12. The van der Waals surface area contributed by atoms with E-state index in [1.165, 1.54) is 5.56 Å². The minimum Gasteiger partial charge on any atom is -0.380 e. The number of halogens is 1. The molecule has 0 fully saturated rings. The largest absolute Gasteiger partial charge is 0.380 e. The first-order chi connectivity index (χ1) is 7.11. The van der Waals surface area contributed by atoms with E-state index in [4.69, 9.17) is 4.74 Å². The number of rotatable bonds is 5. The molecular formula is C12H18BrNO. The highest BCUT2D eigenvalue weighted by molar-refractivity contribution is 9.10. The van der Waals surface area contributed by atoms with Gasteiger partial charge in [-0.2, -0.15) is 0 Å². The summed E-state index contributed by atoms with van der Waals surface area (Å²) in [5.74, 6) is 0. The fourth-order valence-electron chi connectivity index (χ4n) is 1.44. The van der Waals surface area contributed by atoms with Gasteiger partial charge < -0.3 is 10.1 Å². The molecule has 3 heteroatoms. The maximum absolute atomic E-state index is 5.35. The molecular weight excluding hydrogens is 254 g/mol. The van der Waals surface area contributed by atoms with Gasteiger partial charge in [0.2, 0.25) is 0 Å². The lowest BCUT2D eigenvalue weighted by Crippen LogP contribution is -2.21. The van der Waals surface area contributed by atoms with E-state index >= 15 is 0 Å². The quantitative estimate of drug-likeness (QED) is 0.884. The molecule has 1 aromatic carbocycles. The predicted molar refractivity (Wildman–Crippen MR) is 68.5 cm³/mol. The summed E-state index contributed by atoms with van der Waals surface area (Å²) in [5.41, 5.74) is 2.38. The van der Waals surface area contributed by atoms with Gasteiger partial charge in [-0.25, -0.2) is 0 Å². The van der Waals surface area contributed by atoms with Crippen molar-refractivity contribution in [2.45, 2.75) is 26.8 Å². The first-order valence-electron chi connectivity index (χ1n) is 5.23. The van der Waals surface area contributed by atoms with Crippen LogP contribution in [0.3, 0.4) is 0 Å². The van der Waals surface area contributed by atoms with Crippen LogP contribution in [0.5, 0.6) is 0 Å². The SMILES string of the molecule is CCOCC(C)Nc1cc(C)cc(Br)c1. The number of hydrogen-bond donors (Lipinski definition) is 1. The summed E-state index contributed by atoms with van der Waals surface area (Å²) in [6.45, 7) is 7.72. The van der Waals surface area contributed by atoms with E-state index in [9.17, 15) is 0 Å². The molecule has 0 spiro atoms. The lowest BCUT2D eigenvalue weighted by atomic mass is 10.2. The van der Waals surface area contributed by atoms with Gasteiger partial charge in [0.25, 0.3) is 0 Å². The lowest BCUT2D eigenvalue weighted by molar-refractivity contribution is 0.141. The molecule has 0 bridgehead atoms. The summed E-state index contributed by atoms with van der Waals surface area (Å²) in [4.78, 5) is 0. The highest BCUT2D eigenvalue weighted by Gasteiger charge is 2.02. The molecule has 0 aliphatic carbocycles. The van der Waals surface area contributed by atoms with E-state index in [-0.39, 0.29) is 0 Å². The summed E-state index contributed by atoms with van der Waals surface area (Å²) >= 11 is 3.48. The third-order valence-electron chi connectivity index (χ3n) is 2.03.